The molecule has 1 heterocycles. The van der Waals surface area contributed by atoms with Gasteiger partial charge in [-0.2, -0.15) is 4.31 Å². The van der Waals surface area contributed by atoms with Crippen molar-refractivity contribution in [3.05, 3.63) is 28.2 Å². The minimum atomic E-state index is -3.47. The van der Waals surface area contributed by atoms with Gasteiger partial charge >= 0.3 is 0 Å². The molecule has 6 heteroatoms. The number of sulfonamides is 1. The molecule has 1 saturated heterocycles. The molecule has 0 spiro atoms. The highest BCUT2D eigenvalue weighted by Crippen LogP contribution is 2.33. The number of hydrogen-bond donors (Lipinski definition) is 1. The van der Waals surface area contributed by atoms with Crippen LogP contribution in [0.1, 0.15) is 32.3 Å². The average Bonchev–Trinajstić information content (AvgIpc) is 2.89. The van der Waals surface area contributed by atoms with Crippen molar-refractivity contribution in [3.8, 4) is 0 Å². The van der Waals surface area contributed by atoms with Crippen LogP contribution in [0, 0.1) is 5.92 Å². The largest absolute Gasteiger partial charge is 0.326 e. The topological polar surface area (TPSA) is 63.4 Å². The lowest BCUT2D eigenvalue weighted by molar-refractivity contribution is 0.315. The van der Waals surface area contributed by atoms with Crippen LogP contribution in [0.3, 0.4) is 0 Å². The van der Waals surface area contributed by atoms with Crippen LogP contribution in [0.4, 0.5) is 0 Å². The summed E-state index contributed by atoms with van der Waals surface area (Å²) in [6.07, 6.45) is 1.86. The van der Waals surface area contributed by atoms with Crippen LogP contribution < -0.4 is 5.73 Å². The Morgan fingerprint density at radius 1 is 1.45 bits per heavy atom. The lowest BCUT2D eigenvalue weighted by atomic mass is 10.0. The van der Waals surface area contributed by atoms with Gasteiger partial charge in [-0.3, -0.25) is 0 Å². The van der Waals surface area contributed by atoms with Crippen LogP contribution in [-0.2, 0) is 16.6 Å². The third kappa shape index (κ3) is 2.93. The zero-order valence-electron chi connectivity index (χ0n) is 11.8. The third-order valence-electron chi connectivity index (χ3n) is 3.84. The van der Waals surface area contributed by atoms with Gasteiger partial charge in [0.25, 0.3) is 0 Å². The molecule has 1 aromatic carbocycles. The van der Waals surface area contributed by atoms with Gasteiger partial charge in [0.2, 0.25) is 10.0 Å². The van der Waals surface area contributed by atoms with Gasteiger partial charge in [-0.25, -0.2) is 8.42 Å². The molecule has 0 bridgehead atoms. The first-order chi connectivity index (χ1) is 9.37. The Hall–Kier alpha value is -0.430. The molecule has 1 atom stereocenters. The van der Waals surface area contributed by atoms with Crippen LogP contribution in [0.15, 0.2) is 27.6 Å². The average molecular weight is 361 g/mol. The lowest BCUT2D eigenvalue weighted by Crippen LogP contribution is -2.38. The van der Waals surface area contributed by atoms with E-state index in [2.05, 4.69) is 29.8 Å². The van der Waals surface area contributed by atoms with E-state index in [1.165, 1.54) is 0 Å². The van der Waals surface area contributed by atoms with Crippen molar-refractivity contribution in [1.29, 1.82) is 0 Å². The summed E-state index contributed by atoms with van der Waals surface area (Å²) in [5, 5.41) is 0. The van der Waals surface area contributed by atoms with Gasteiger partial charge in [-0.05, 0) is 52.4 Å². The summed E-state index contributed by atoms with van der Waals surface area (Å²) in [6.45, 7) is 5.08. The van der Waals surface area contributed by atoms with Crippen molar-refractivity contribution in [2.45, 2.75) is 44.2 Å². The maximum atomic E-state index is 12.9. The summed E-state index contributed by atoms with van der Waals surface area (Å²) in [5.41, 5.74) is 6.44. The highest BCUT2D eigenvalue weighted by atomic mass is 79.9. The normalized spacial score (nSPS) is 20.8. The predicted molar refractivity (Wildman–Crippen MR) is 83.8 cm³/mol. The second-order valence-corrected chi connectivity index (χ2v) is 8.25. The van der Waals surface area contributed by atoms with Crippen LogP contribution in [0.25, 0.3) is 0 Å². The quantitative estimate of drug-likeness (QED) is 0.897. The van der Waals surface area contributed by atoms with Crippen LogP contribution in [0.5, 0.6) is 0 Å². The molecule has 1 unspecified atom stereocenters. The van der Waals surface area contributed by atoms with Crippen molar-refractivity contribution in [3.63, 3.8) is 0 Å². The lowest BCUT2D eigenvalue weighted by Gasteiger charge is -2.27. The number of halogens is 1. The second-order valence-electron chi connectivity index (χ2n) is 5.54. The first-order valence-electron chi connectivity index (χ1n) is 6.88. The van der Waals surface area contributed by atoms with Gasteiger partial charge in [0.15, 0.2) is 0 Å². The molecule has 2 rings (SSSR count). The Labute approximate surface area is 129 Å². The van der Waals surface area contributed by atoms with Crippen molar-refractivity contribution >= 4 is 26.0 Å². The molecule has 1 aliphatic rings. The zero-order chi connectivity index (χ0) is 14.9. The maximum Gasteiger partial charge on any atom is 0.244 e. The number of rotatable bonds is 4. The summed E-state index contributed by atoms with van der Waals surface area (Å²) in [7, 11) is -3.47. The van der Waals surface area contributed by atoms with E-state index in [1.807, 2.05) is 6.07 Å². The Balaban J connectivity index is 2.44. The van der Waals surface area contributed by atoms with Gasteiger partial charge in [-0.15, -0.1) is 0 Å². The van der Waals surface area contributed by atoms with E-state index in [9.17, 15) is 8.42 Å². The first kappa shape index (κ1) is 15.9. The Morgan fingerprint density at radius 3 is 2.75 bits per heavy atom. The van der Waals surface area contributed by atoms with Gasteiger partial charge in [0, 0.05) is 23.6 Å². The molecule has 0 amide bonds. The van der Waals surface area contributed by atoms with Gasteiger partial charge in [-0.1, -0.05) is 19.9 Å². The molecular formula is C14H21BrN2O2S. The van der Waals surface area contributed by atoms with Crippen molar-refractivity contribution < 1.29 is 8.42 Å². The summed E-state index contributed by atoms with van der Waals surface area (Å²) >= 11 is 3.35. The molecule has 2 N–H and O–H groups in total. The summed E-state index contributed by atoms with van der Waals surface area (Å²) < 4.78 is 28.0. The van der Waals surface area contributed by atoms with Crippen LogP contribution in [0.2, 0.25) is 0 Å². The first-order valence-corrected chi connectivity index (χ1v) is 9.11. The van der Waals surface area contributed by atoms with E-state index >= 15 is 0 Å². The maximum absolute atomic E-state index is 12.9. The predicted octanol–water partition coefficient (Wildman–Crippen LogP) is 2.72. The molecular weight excluding hydrogens is 340 g/mol. The molecule has 112 valence electrons. The van der Waals surface area contributed by atoms with E-state index in [0.717, 1.165) is 18.4 Å². The fraction of sp³-hybridized carbons (Fsp3) is 0.571. The monoisotopic (exact) mass is 360 g/mol. The van der Waals surface area contributed by atoms with Gasteiger partial charge < -0.3 is 5.73 Å². The van der Waals surface area contributed by atoms with E-state index < -0.39 is 10.0 Å². The molecule has 4 nitrogen and oxygen atoms in total. The standard InChI is InChI=1S/C14H21BrN2O2S/c1-10(2)13-4-3-7-17(13)20(18,19)14-8-11(9-16)5-6-12(14)15/h5-6,8,10,13H,3-4,7,9,16H2,1-2H3. The summed E-state index contributed by atoms with van der Waals surface area (Å²) in [4.78, 5) is 0.327. The number of nitrogens with zero attached hydrogens (tertiary/aromatic N) is 1. The molecule has 1 aromatic rings. The fourth-order valence-electron chi connectivity index (χ4n) is 2.73. The SMILES string of the molecule is CC(C)C1CCCN1S(=O)(=O)c1cc(CN)ccc1Br. The zero-order valence-corrected chi connectivity index (χ0v) is 14.2. The van der Waals surface area contributed by atoms with Crippen molar-refractivity contribution in [1.82, 2.24) is 4.31 Å². The number of nitrogens with two attached hydrogens (primary N) is 1. The molecule has 0 radical (unpaired) electrons. The van der Waals surface area contributed by atoms with Crippen molar-refractivity contribution in [2.75, 3.05) is 6.54 Å². The molecule has 0 saturated carbocycles. The smallest absolute Gasteiger partial charge is 0.244 e. The molecule has 0 aromatic heterocycles. The molecule has 1 fully saturated rings. The second kappa shape index (κ2) is 6.13. The highest BCUT2D eigenvalue weighted by molar-refractivity contribution is 9.10. The van der Waals surface area contributed by atoms with E-state index in [1.54, 1.807) is 16.4 Å². The number of hydrogen-bond acceptors (Lipinski definition) is 3. The van der Waals surface area contributed by atoms with Crippen LogP contribution >= 0.6 is 15.9 Å². The Kier molecular flexibility index (Phi) is 4.89. The Bertz CT molecular complexity index is 587. The number of benzene rings is 1. The summed E-state index contributed by atoms with van der Waals surface area (Å²) in [5.74, 6) is 0.323. The third-order valence-corrected chi connectivity index (χ3v) is 6.75. The molecule has 1 aliphatic heterocycles. The minimum Gasteiger partial charge on any atom is -0.326 e. The van der Waals surface area contributed by atoms with Crippen LogP contribution in [-0.4, -0.2) is 25.3 Å². The van der Waals surface area contributed by atoms with E-state index in [0.29, 0.717) is 28.4 Å². The minimum absolute atomic E-state index is 0.0911. The molecule has 20 heavy (non-hydrogen) atoms. The van der Waals surface area contributed by atoms with E-state index in [4.69, 9.17) is 5.73 Å². The van der Waals surface area contributed by atoms with Gasteiger partial charge in [0.1, 0.15) is 0 Å². The highest BCUT2D eigenvalue weighted by Gasteiger charge is 2.37. The Morgan fingerprint density at radius 2 is 2.15 bits per heavy atom. The van der Waals surface area contributed by atoms with Crippen molar-refractivity contribution in [2.24, 2.45) is 11.7 Å². The van der Waals surface area contributed by atoms with Gasteiger partial charge in [0.05, 0.1) is 4.90 Å². The fourth-order valence-corrected chi connectivity index (χ4v) is 5.53. The summed E-state index contributed by atoms with van der Waals surface area (Å²) in [6, 6.07) is 5.37. The van der Waals surface area contributed by atoms with E-state index in [-0.39, 0.29) is 6.04 Å². The molecule has 0 aliphatic carbocycles.